The van der Waals surface area contributed by atoms with Crippen molar-refractivity contribution in [2.24, 2.45) is 0 Å². The van der Waals surface area contributed by atoms with Gasteiger partial charge in [-0.15, -0.1) is 0 Å². The molecule has 0 heterocycles. The van der Waals surface area contributed by atoms with Gasteiger partial charge in [-0.1, -0.05) is 0 Å². The number of carbonyl (C=O) groups excluding carboxylic acids is 1. The Labute approximate surface area is 152 Å². The lowest BCUT2D eigenvalue weighted by Crippen LogP contribution is -2.20. The van der Waals surface area contributed by atoms with E-state index >= 15 is 0 Å². The number of amides is 1. The first-order chi connectivity index (χ1) is 10.4. The van der Waals surface area contributed by atoms with E-state index < -0.39 is 0 Å². The van der Waals surface area contributed by atoms with Crippen molar-refractivity contribution in [1.29, 1.82) is 0 Å². The van der Waals surface area contributed by atoms with E-state index in [0.717, 1.165) is 14.5 Å². The summed E-state index contributed by atoms with van der Waals surface area (Å²) < 4.78 is 20.4. The van der Waals surface area contributed by atoms with Gasteiger partial charge in [0.25, 0.3) is 5.91 Å². The first kappa shape index (κ1) is 17.4. The highest BCUT2D eigenvalue weighted by molar-refractivity contribution is 9.11. The summed E-state index contributed by atoms with van der Waals surface area (Å²) in [6.07, 6.45) is 0. The van der Waals surface area contributed by atoms with E-state index in [1.54, 1.807) is 0 Å². The molecule has 1 amide bonds. The van der Waals surface area contributed by atoms with E-state index in [1.165, 1.54) is 18.2 Å². The zero-order chi connectivity index (χ0) is 16.3. The van der Waals surface area contributed by atoms with Gasteiger partial charge in [0.15, 0.2) is 6.61 Å². The SMILES string of the molecule is Cc1cc(Br)c(NC(=O)COc2ccc(F)cc2Br)c(Br)c1. The Morgan fingerprint density at radius 3 is 2.36 bits per heavy atom. The Morgan fingerprint density at radius 1 is 1.14 bits per heavy atom. The van der Waals surface area contributed by atoms with Crippen molar-refractivity contribution >= 4 is 59.4 Å². The molecular formula is C15H11Br3FNO2. The van der Waals surface area contributed by atoms with Crippen LogP contribution in [0.25, 0.3) is 0 Å². The minimum absolute atomic E-state index is 0.184. The van der Waals surface area contributed by atoms with Crippen LogP contribution in [0.5, 0.6) is 5.75 Å². The fraction of sp³-hybridized carbons (Fsp3) is 0.133. The molecule has 2 rings (SSSR count). The normalized spacial score (nSPS) is 10.4. The molecule has 22 heavy (non-hydrogen) atoms. The number of benzene rings is 2. The minimum Gasteiger partial charge on any atom is -0.483 e. The van der Waals surface area contributed by atoms with Crippen LogP contribution >= 0.6 is 47.8 Å². The molecule has 0 bridgehead atoms. The van der Waals surface area contributed by atoms with Gasteiger partial charge >= 0.3 is 0 Å². The topological polar surface area (TPSA) is 38.3 Å². The summed E-state index contributed by atoms with van der Waals surface area (Å²) in [7, 11) is 0. The van der Waals surface area contributed by atoms with Gasteiger partial charge in [-0.25, -0.2) is 4.39 Å². The standard InChI is InChI=1S/C15H11Br3FNO2/c1-8-4-11(17)15(12(18)5-8)20-14(21)7-22-13-3-2-9(19)6-10(13)16/h2-6H,7H2,1H3,(H,20,21). The average molecular weight is 496 g/mol. The summed E-state index contributed by atoms with van der Waals surface area (Å²) in [5.74, 6) is -0.295. The fourth-order valence-corrected chi connectivity index (χ4v) is 3.81. The monoisotopic (exact) mass is 493 g/mol. The Hall–Kier alpha value is -0.920. The number of aryl methyl sites for hydroxylation is 1. The smallest absolute Gasteiger partial charge is 0.262 e. The first-order valence-electron chi connectivity index (χ1n) is 6.20. The quantitative estimate of drug-likeness (QED) is 0.613. The molecule has 3 nitrogen and oxygen atoms in total. The van der Waals surface area contributed by atoms with Gasteiger partial charge in [0.2, 0.25) is 0 Å². The third kappa shape index (κ3) is 4.54. The molecular weight excluding hydrogens is 485 g/mol. The minimum atomic E-state index is -0.379. The predicted molar refractivity (Wildman–Crippen MR) is 94.8 cm³/mol. The summed E-state index contributed by atoms with van der Waals surface area (Å²) in [5.41, 5.74) is 1.70. The maximum Gasteiger partial charge on any atom is 0.262 e. The molecule has 0 fully saturated rings. The lowest BCUT2D eigenvalue weighted by atomic mass is 10.2. The third-order valence-electron chi connectivity index (χ3n) is 2.70. The molecule has 1 N–H and O–H groups in total. The lowest BCUT2D eigenvalue weighted by Gasteiger charge is -2.12. The fourth-order valence-electron chi connectivity index (χ4n) is 1.73. The zero-order valence-corrected chi connectivity index (χ0v) is 16.2. The highest BCUT2D eigenvalue weighted by atomic mass is 79.9. The van der Waals surface area contributed by atoms with Crippen LogP contribution in [0, 0.1) is 12.7 Å². The molecule has 0 saturated heterocycles. The Kier molecular flexibility index (Phi) is 6.00. The van der Waals surface area contributed by atoms with Crippen molar-refractivity contribution in [1.82, 2.24) is 0 Å². The van der Waals surface area contributed by atoms with Gasteiger partial charge in [0.1, 0.15) is 11.6 Å². The maximum atomic E-state index is 13.0. The second-order valence-corrected chi connectivity index (χ2v) is 7.08. The third-order valence-corrected chi connectivity index (χ3v) is 4.57. The second-order valence-electron chi connectivity index (χ2n) is 4.52. The number of hydrogen-bond acceptors (Lipinski definition) is 2. The van der Waals surface area contributed by atoms with Crippen LogP contribution in [0.4, 0.5) is 10.1 Å². The zero-order valence-electron chi connectivity index (χ0n) is 11.4. The van der Waals surface area contributed by atoms with Crippen molar-refractivity contribution in [2.75, 3.05) is 11.9 Å². The molecule has 0 aromatic heterocycles. The molecule has 116 valence electrons. The van der Waals surface area contributed by atoms with Crippen molar-refractivity contribution in [2.45, 2.75) is 6.92 Å². The van der Waals surface area contributed by atoms with Gasteiger partial charge in [-0.05, 0) is 90.6 Å². The van der Waals surface area contributed by atoms with Crippen LogP contribution in [-0.2, 0) is 4.79 Å². The maximum absolute atomic E-state index is 13.0. The van der Waals surface area contributed by atoms with Crippen molar-refractivity contribution in [3.63, 3.8) is 0 Å². The van der Waals surface area contributed by atoms with E-state index in [1.807, 2.05) is 19.1 Å². The van der Waals surface area contributed by atoms with E-state index in [-0.39, 0.29) is 18.3 Å². The molecule has 0 saturated carbocycles. The number of carbonyl (C=O) groups is 1. The second kappa shape index (κ2) is 7.57. The number of halogens is 4. The molecule has 0 aliphatic carbocycles. The Balaban J connectivity index is 2.02. The van der Waals surface area contributed by atoms with Gasteiger partial charge in [-0.2, -0.15) is 0 Å². The summed E-state index contributed by atoms with van der Waals surface area (Å²) in [6.45, 7) is 1.77. The number of ether oxygens (including phenoxy) is 1. The summed E-state index contributed by atoms with van der Waals surface area (Å²) in [4.78, 5) is 12.0. The molecule has 0 spiro atoms. The van der Waals surface area contributed by atoms with Gasteiger partial charge < -0.3 is 10.1 Å². The number of nitrogens with one attached hydrogen (secondary N) is 1. The van der Waals surface area contributed by atoms with E-state index in [4.69, 9.17) is 4.74 Å². The van der Waals surface area contributed by atoms with E-state index in [2.05, 4.69) is 53.1 Å². The van der Waals surface area contributed by atoms with E-state index in [0.29, 0.717) is 15.9 Å². The molecule has 2 aromatic rings. The van der Waals surface area contributed by atoms with Gasteiger partial charge in [0.05, 0.1) is 10.2 Å². The van der Waals surface area contributed by atoms with Crippen LogP contribution in [0.2, 0.25) is 0 Å². The Bertz CT molecular complexity index is 699. The molecule has 0 aliphatic heterocycles. The number of rotatable bonds is 4. The average Bonchev–Trinajstić information content (AvgIpc) is 2.42. The molecule has 0 unspecified atom stereocenters. The molecule has 2 aromatic carbocycles. The lowest BCUT2D eigenvalue weighted by molar-refractivity contribution is -0.118. The molecule has 7 heteroatoms. The highest BCUT2D eigenvalue weighted by Gasteiger charge is 2.11. The van der Waals surface area contributed by atoms with E-state index in [9.17, 15) is 9.18 Å². The number of hydrogen-bond donors (Lipinski definition) is 1. The van der Waals surface area contributed by atoms with Crippen LogP contribution < -0.4 is 10.1 Å². The summed E-state index contributed by atoms with van der Waals surface area (Å²) in [6, 6.07) is 7.81. The van der Waals surface area contributed by atoms with Crippen LogP contribution in [0.3, 0.4) is 0 Å². The van der Waals surface area contributed by atoms with Crippen molar-refractivity contribution < 1.29 is 13.9 Å². The molecule has 0 atom stereocenters. The van der Waals surface area contributed by atoms with Gasteiger partial charge in [0, 0.05) is 8.95 Å². The Morgan fingerprint density at radius 2 is 1.77 bits per heavy atom. The molecule has 0 radical (unpaired) electrons. The number of anilines is 1. The largest absolute Gasteiger partial charge is 0.483 e. The van der Waals surface area contributed by atoms with Gasteiger partial charge in [-0.3, -0.25) is 4.79 Å². The van der Waals surface area contributed by atoms with Crippen LogP contribution in [0.1, 0.15) is 5.56 Å². The van der Waals surface area contributed by atoms with Crippen molar-refractivity contribution in [3.05, 3.63) is 55.1 Å². The van der Waals surface area contributed by atoms with Crippen LogP contribution in [-0.4, -0.2) is 12.5 Å². The first-order valence-corrected chi connectivity index (χ1v) is 8.58. The predicted octanol–water partition coefficient (Wildman–Crippen LogP) is 5.44. The van der Waals surface area contributed by atoms with Crippen molar-refractivity contribution in [3.8, 4) is 5.75 Å². The molecule has 0 aliphatic rings. The summed E-state index contributed by atoms with van der Waals surface area (Å²) >= 11 is 10.00. The van der Waals surface area contributed by atoms with Crippen LogP contribution in [0.15, 0.2) is 43.7 Å². The highest BCUT2D eigenvalue weighted by Crippen LogP contribution is 2.32. The summed E-state index contributed by atoms with van der Waals surface area (Å²) in [5, 5.41) is 2.76.